The Hall–Kier alpha value is -0.253. The van der Waals surface area contributed by atoms with Crippen LogP contribution in [0, 0.1) is 6.20 Å². The first-order chi connectivity index (χ1) is 4.97. The van der Waals surface area contributed by atoms with Crippen LogP contribution in [0.5, 0.6) is 0 Å². The molecule has 1 heterocycles. The molecule has 1 aliphatic rings. The second kappa shape index (κ2) is 3.95. The Morgan fingerprint density at radius 3 is 2.91 bits per heavy atom. The van der Waals surface area contributed by atoms with Crippen molar-refractivity contribution in [2.24, 2.45) is 0 Å². The summed E-state index contributed by atoms with van der Waals surface area (Å²) in [6.45, 7) is 0. The first-order valence-corrected chi connectivity index (χ1v) is 3.82. The van der Waals surface area contributed by atoms with Gasteiger partial charge in [-0.05, 0) is 6.42 Å². The summed E-state index contributed by atoms with van der Waals surface area (Å²) in [6.07, 6.45) is 7.88. The van der Waals surface area contributed by atoms with E-state index >= 15 is 0 Å². The molecule has 0 aromatic carbocycles. The minimum atomic E-state index is 0. The number of pyridine rings is 1. The molecule has 0 saturated carbocycles. The van der Waals surface area contributed by atoms with Gasteiger partial charge >= 0.3 is 18.9 Å². The molecule has 1 aromatic rings. The first kappa shape index (κ1) is 8.84. The predicted octanol–water partition coefficient (Wildman–Crippen LogP) is -1.24. The minimum absolute atomic E-state index is 0. The molecule has 1 aromatic heterocycles. The van der Waals surface area contributed by atoms with Gasteiger partial charge in [0.05, 0.1) is 0 Å². The molecule has 2 rings (SSSR count). The average molecular weight is 139 g/mol. The molecule has 0 spiro atoms. The molecule has 0 bridgehead atoms. The fraction of sp³-hybridized carbons (Fsp3) is 0.444. The van der Waals surface area contributed by atoms with Crippen LogP contribution in [0.4, 0.5) is 0 Å². The van der Waals surface area contributed by atoms with Gasteiger partial charge in [0.1, 0.15) is 0 Å². The van der Waals surface area contributed by atoms with Crippen LogP contribution in [0.25, 0.3) is 0 Å². The molecule has 0 aliphatic heterocycles. The molecule has 0 unspecified atom stereocenters. The molecular formula is C9H10LiN. The van der Waals surface area contributed by atoms with E-state index < -0.39 is 0 Å². The van der Waals surface area contributed by atoms with E-state index in [9.17, 15) is 0 Å². The summed E-state index contributed by atoms with van der Waals surface area (Å²) in [4.78, 5) is 4.19. The number of hydrogen-bond donors (Lipinski definition) is 0. The molecule has 2 heteroatoms. The fourth-order valence-corrected chi connectivity index (χ4v) is 1.47. The van der Waals surface area contributed by atoms with Crippen molar-refractivity contribution < 1.29 is 18.9 Å². The Balaban J connectivity index is 0.000000605. The molecule has 0 fully saturated rings. The van der Waals surface area contributed by atoms with Gasteiger partial charge in [-0.3, -0.25) is 0 Å². The molecule has 0 saturated heterocycles. The van der Waals surface area contributed by atoms with Gasteiger partial charge in [-0.1, -0.05) is 31.2 Å². The van der Waals surface area contributed by atoms with E-state index in [0.717, 1.165) is 6.42 Å². The number of aryl methyl sites for hydroxylation is 2. The molecule has 1 aliphatic carbocycles. The number of hydrogen-bond acceptors (Lipinski definition) is 1. The number of rotatable bonds is 0. The van der Waals surface area contributed by atoms with E-state index in [4.69, 9.17) is 0 Å². The Morgan fingerprint density at radius 2 is 2.09 bits per heavy atom. The Bertz CT molecular complexity index is 210. The molecule has 1 nitrogen and oxygen atoms in total. The van der Waals surface area contributed by atoms with Crippen molar-refractivity contribution in [1.29, 1.82) is 0 Å². The fourth-order valence-electron chi connectivity index (χ4n) is 1.47. The van der Waals surface area contributed by atoms with Crippen LogP contribution < -0.4 is 18.9 Å². The van der Waals surface area contributed by atoms with Crippen molar-refractivity contribution in [3.05, 3.63) is 29.6 Å². The van der Waals surface area contributed by atoms with E-state index in [0.29, 0.717) is 0 Å². The summed E-state index contributed by atoms with van der Waals surface area (Å²) in [5.74, 6) is 0. The van der Waals surface area contributed by atoms with Crippen LogP contribution in [0.3, 0.4) is 0 Å². The van der Waals surface area contributed by atoms with Crippen LogP contribution in [0.1, 0.15) is 24.1 Å². The summed E-state index contributed by atoms with van der Waals surface area (Å²) in [7, 11) is 0. The maximum atomic E-state index is 4.19. The standard InChI is InChI=1S/C9H10N.Li/c1-2-6-9-8(4-1)5-3-7-10-9;/h3,5H,1-2,4,6H2;/q-1;+1. The molecule has 0 radical (unpaired) electrons. The van der Waals surface area contributed by atoms with Crippen LogP contribution >= 0.6 is 0 Å². The maximum Gasteiger partial charge on any atom is 1.00 e. The number of fused-ring (bicyclic) bond motifs is 1. The van der Waals surface area contributed by atoms with Gasteiger partial charge in [0.25, 0.3) is 0 Å². The zero-order valence-corrected chi connectivity index (χ0v) is 6.93. The minimum Gasteiger partial charge on any atom is -0.391 e. The van der Waals surface area contributed by atoms with E-state index in [2.05, 4.69) is 17.2 Å². The second-order valence-electron chi connectivity index (χ2n) is 2.75. The summed E-state index contributed by atoms with van der Waals surface area (Å²) in [5.41, 5.74) is 2.71. The van der Waals surface area contributed by atoms with Gasteiger partial charge < -0.3 is 4.98 Å². The Kier molecular flexibility index (Phi) is 3.17. The summed E-state index contributed by atoms with van der Waals surface area (Å²) < 4.78 is 0. The first-order valence-electron chi connectivity index (χ1n) is 3.82. The van der Waals surface area contributed by atoms with Crippen LogP contribution in [-0.4, -0.2) is 4.98 Å². The summed E-state index contributed by atoms with van der Waals surface area (Å²) >= 11 is 0. The van der Waals surface area contributed by atoms with Crippen LogP contribution in [0.2, 0.25) is 0 Å². The predicted molar refractivity (Wildman–Crippen MR) is 39.7 cm³/mol. The van der Waals surface area contributed by atoms with E-state index in [1.807, 2.05) is 6.07 Å². The summed E-state index contributed by atoms with van der Waals surface area (Å²) in [6, 6.07) is 4.05. The Labute approximate surface area is 79.4 Å². The van der Waals surface area contributed by atoms with Crippen molar-refractivity contribution in [3.63, 3.8) is 0 Å². The Morgan fingerprint density at radius 1 is 1.27 bits per heavy atom. The third-order valence-electron chi connectivity index (χ3n) is 2.04. The summed E-state index contributed by atoms with van der Waals surface area (Å²) in [5, 5.41) is 0. The van der Waals surface area contributed by atoms with Crippen molar-refractivity contribution in [2.75, 3.05) is 0 Å². The molecule has 52 valence electrons. The van der Waals surface area contributed by atoms with Gasteiger partial charge in [0, 0.05) is 0 Å². The molecular weight excluding hydrogens is 129 g/mol. The van der Waals surface area contributed by atoms with E-state index in [-0.39, 0.29) is 18.9 Å². The monoisotopic (exact) mass is 139 g/mol. The number of aromatic nitrogens is 1. The zero-order valence-electron chi connectivity index (χ0n) is 6.93. The van der Waals surface area contributed by atoms with Crippen molar-refractivity contribution in [3.8, 4) is 0 Å². The van der Waals surface area contributed by atoms with Gasteiger partial charge in [-0.15, -0.1) is 5.56 Å². The smallest absolute Gasteiger partial charge is 0.391 e. The second-order valence-corrected chi connectivity index (χ2v) is 2.75. The third-order valence-corrected chi connectivity index (χ3v) is 2.04. The van der Waals surface area contributed by atoms with Crippen molar-refractivity contribution >= 4 is 0 Å². The van der Waals surface area contributed by atoms with Gasteiger partial charge in [0.2, 0.25) is 0 Å². The van der Waals surface area contributed by atoms with E-state index in [1.54, 1.807) is 0 Å². The maximum absolute atomic E-state index is 4.19. The zero-order chi connectivity index (χ0) is 6.81. The third kappa shape index (κ3) is 1.86. The van der Waals surface area contributed by atoms with Gasteiger partial charge in [0.15, 0.2) is 0 Å². The normalized spacial score (nSPS) is 14.9. The SMILES string of the molecule is [Li+].[c-]1ccc2c(n1)CCCC2. The molecule has 0 amide bonds. The largest absolute Gasteiger partial charge is 1.00 e. The van der Waals surface area contributed by atoms with E-state index in [1.165, 1.54) is 30.5 Å². The number of nitrogens with zero attached hydrogens (tertiary/aromatic N) is 1. The molecule has 0 N–H and O–H groups in total. The quantitative estimate of drug-likeness (QED) is 0.324. The average Bonchev–Trinajstić information content (AvgIpc) is 2.05. The van der Waals surface area contributed by atoms with Gasteiger partial charge in [-0.25, -0.2) is 0 Å². The van der Waals surface area contributed by atoms with Crippen LogP contribution in [-0.2, 0) is 12.8 Å². The van der Waals surface area contributed by atoms with Crippen molar-refractivity contribution in [1.82, 2.24) is 4.98 Å². The van der Waals surface area contributed by atoms with Crippen molar-refractivity contribution in [2.45, 2.75) is 25.7 Å². The van der Waals surface area contributed by atoms with Gasteiger partial charge in [-0.2, -0.15) is 12.1 Å². The van der Waals surface area contributed by atoms with Crippen LogP contribution in [0.15, 0.2) is 12.1 Å². The molecule has 11 heavy (non-hydrogen) atoms. The topological polar surface area (TPSA) is 12.9 Å². The molecule has 0 atom stereocenters.